The van der Waals surface area contributed by atoms with E-state index in [1.54, 1.807) is 0 Å². The Bertz CT molecular complexity index is 372. The van der Waals surface area contributed by atoms with Crippen molar-refractivity contribution in [2.75, 3.05) is 26.2 Å². The highest BCUT2D eigenvalue weighted by Crippen LogP contribution is 2.31. The van der Waals surface area contributed by atoms with Gasteiger partial charge in [0.15, 0.2) is 5.82 Å². The second kappa shape index (κ2) is 4.74. The van der Waals surface area contributed by atoms with Crippen LogP contribution in [0, 0.1) is 0 Å². The summed E-state index contributed by atoms with van der Waals surface area (Å²) in [5, 5.41) is 7.52. The van der Waals surface area contributed by atoms with Crippen LogP contribution in [-0.4, -0.2) is 41.2 Å². The molecule has 0 saturated carbocycles. The van der Waals surface area contributed by atoms with Gasteiger partial charge in [-0.3, -0.25) is 4.90 Å². The third-order valence-electron chi connectivity index (χ3n) is 3.93. The number of hydrogen-bond donors (Lipinski definition) is 1. The Labute approximate surface area is 102 Å². The number of hydrogen-bond acceptors (Lipinski definition) is 5. The Hall–Kier alpha value is -0.940. The topological polar surface area (TPSA) is 54.2 Å². The molecule has 1 aromatic rings. The lowest BCUT2D eigenvalue weighted by Gasteiger charge is -2.18. The Morgan fingerprint density at radius 2 is 2.41 bits per heavy atom. The molecule has 0 radical (unpaired) electrons. The summed E-state index contributed by atoms with van der Waals surface area (Å²) in [4.78, 5) is 7.05. The van der Waals surface area contributed by atoms with Gasteiger partial charge in [-0.2, -0.15) is 4.98 Å². The first-order valence-electron chi connectivity index (χ1n) is 6.66. The van der Waals surface area contributed by atoms with Crippen LogP contribution in [0.5, 0.6) is 0 Å². The SMILES string of the molecule is CCN1CCCC1c1noc(C2CCNC2)n1. The zero-order valence-electron chi connectivity index (χ0n) is 10.4. The number of rotatable bonds is 3. The molecule has 0 aromatic carbocycles. The molecule has 0 amide bonds. The van der Waals surface area contributed by atoms with Gasteiger partial charge in [0.2, 0.25) is 5.89 Å². The van der Waals surface area contributed by atoms with Crippen molar-refractivity contribution in [2.45, 2.75) is 38.1 Å². The number of nitrogens with zero attached hydrogens (tertiary/aromatic N) is 3. The molecule has 5 heteroatoms. The van der Waals surface area contributed by atoms with Crippen LogP contribution in [0.2, 0.25) is 0 Å². The van der Waals surface area contributed by atoms with E-state index < -0.39 is 0 Å². The Morgan fingerprint density at radius 1 is 1.47 bits per heavy atom. The minimum Gasteiger partial charge on any atom is -0.339 e. The molecule has 5 nitrogen and oxygen atoms in total. The molecule has 94 valence electrons. The summed E-state index contributed by atoms with van der Waals surface area (Å²) in [6.07, 6.45) is 3.52. The van der Waals surface area contributed by atoms with E-state index in [9.17, 15) is 0 Å². The fraction of sp³-hybridized carbons (Fsp3) is 0.833. The van der Waals surface area contributed by atoms with Crippen molar-refractivity contribution in [2.24, 2.45) is 0 Å². The smallest absolute Gasteiger partial charge is 0.231 e. The van der Waals surface area contributed by atoms with Crippen molar-refractivity contribution in [1.82, 2.24) is 20.4 Å². The lowest BCUT2D eigenvalue weighted by Crippen LogP contribution is -2.23. The molecule has 17 heavy (non-hydrogen) atoms. The van der Waals surface area contributed by atoms with Crippen molar-refractivity contribution >= 4 is 0 Å². The maximum atomic E-state index is 5.43. The fourth-order valence-electron chi connectivity index (χ4n) is 2.91. The first-order valence-corrected chi connectivity index (χ1v) is 6.66. The highest BCUT2D eigenvalue weighted by molar-refractivity contribution is 5.02. The molecule has 2 unspecified atom stereocenters. The van der Waals surface area contributed by atoms with Crippen LogP contribution in [-0.2, 0) is 0 Å². The van der Waals surface area contributed by atoms with Crippen molar-refractivity contribution in [1.29, 1.82) is 0 Å². The standard InChI is InChI=1S/C12H20N4O/c1-2-16-7-3-4-10(16)11-14-12(17-15-11)9-5-6-13-8-9/h9-10,13H,2-8H2,1H3. The summed E-state index contributed by atoms with van der Waals surface area (Å²) in [5.74, 6) is 2.15. The lowest BCUT2D eigenvalue weighted by molar-refractivity contribution is 0.254. The van der Waals surface area contributed by atoms with Gasteiger partial charge in [0.05, 0.1) is 12.0 Å². The summed E-state index contributed by atoms with van der Waals surface area (Å²) < 4.78 is 5.43. The quantitative estimate of drug-likeness (QED) is 0.857. The van der Waals surface area contributed by atoms with Gasteiger partial charge in [0, 0.05) is 6.54 Å². The van der Waals surface area contributed by atoms with Gasteiger partial charge >= 0.3 is 0 Å². The molecule has 3 rings (SSSR count). The molecule has 3 heterocycles. The third-order valence-corrected chi connectivity index (χ3v) is 3.93. The molecule has 2 aliphatic rings. The second-order valence-electron chi connectivity index (χ2n) is 4.97. The normalized spacial score (nSPS) is 30.2. The third kappa shape index (κ3) is 2.09. The molecule has 0 spiro atoms. The van der Waals surface area contributed by atoms with Crippen molar-refractivity contribution < 1.29 is 4.52 Å². The molecule has 2 fully saturated rings. The Morgan fingerprint density at radius 3 is 3.18 bits per heavy atom. The molecule has 2 aliphatic heterocycles. The summed E-state index contributed by atoms with van der Waals surface area (Å²) in [5.41, 5.74) is 0. The molecule has 2 saturated heterocycles. The van der Waals surface area contributed by atoms with E-state index in [0.29, 0.717) is 12.0 Å². The Kier molecular flexibility index (Phi) is 3.11. The van der Waals surface area contributed by atoms with E-state index in [4.69, 9.17) is 4.52 Å². The maximum Gasteiger partial charge on any atom is 0.231 e. The second-order valence-corrected chi connectivity index (χ2v) is 4.97. The van der Waals surface area contributed by atoms with Gasteiger partial charge < -0.3 is 9.84 Å². The summed E-state index contributed by atoms with van der Waals surface area (Å²) in [7, 11) is 0. The Balaban J connectivity index is 1.75. The van der Waals surface area contributed by atoms with Gasteiger partial charge in [-0.25, -0.2) is 0 Å². The summed E-state index contributed by atoms with van der Waals surface area (Å²) in [6.45, 7) is 6.46. The zero-order chi connectivity index (χ0) is 11.7. The molecule has 1 aromatic heterocycles. The van der Waals surface area contributed by atoms with E-state index in [1.165, 1.54) is 6.42 Å². The molecular formula is C12H20N4O. The van der Waals surface area contributed by atoms with Crippen molar-refractivity contribution in [3.05, 3.63) is 11.7 Å². The minimum absolute atomic E-state index is 0.381. The predicted molar refractivity (Wildman–Crippen MR) is 63.7 cm³/mol. The lowest BCUT2D eigenvalue weighted by atomic mass is 10.1. The molecule has 1 N–H and O–H groups in total. The number of likely N-dealkylation sites (tertiary alicyclic amines) is 1. The van der Waals surface area contributed by atoms with Crippen LogP contribution in [0.15, 0.2) is 4.52 Å². The fourth-order valence-corrected chi connectivity index (χ4v) is 2.91. The van der Waals surface area contributed by atoms with Crippen LogP contribution in [0.4, 0.5) is 0 Å². The van der Waals surface area contributed by atoms with Gasteiger partial charge in [-0.1, -0.05) is 12.1 Å². The molecule has 2 atom stereocenters. The van der Waals surface area contributed by atoms with E-state index in [-0.39, 0.29) is 0 Å². The summed E-state index contributed by atoms with van der Waals surface area (Å²) in [6, 6.07) is 0.381. The van der Waals surface area contributed by atoms with Crippen LogP contribution in [0.3, 0.4) is 0 Å². The van der Waals surface area contributed by atoms with Gasteiger partial charge in [-0.15, -0.1) is 0 Å². The maximum absolute atomic E-state index is 5.43. The van der Waals surface area contributed by atoms with Crippen LogP contribution in [0.25, 0.3) is 0 Å². The molecule has 0 aliphatic carbocycles. The van der Waals surface area contributed by atoms with E-state index in [0.717, 1.165) is 50.7 Å². The van der Waals surface area contributed by atoms with Crippen LogP contribution >= 0.6 is 0 Å². The highest BCUT2D eigenvalue weighted by Gasteiger charge is 2.30. The van der Waals surface area contributed by atoms with Crippen LogP contribution < -0.4 is 5.32 Å². The zero-order valence-corrected chi connectivity index (χ0v) is 10.4. The summed E-state index contributed by atoms with van der Waals surface area (Å²) >= 11 is 0. The largest absolute Gasteiger partial charge is 0.339 e. The van der Waals surface area contributed by atoms with Gasteiger partial charge in [0.1, 0.15) is 0 Å². The van der Waals surface area contributed by atoms with Crippen molar-refractivity contribution in [3.8, 4) is 0 Å². The van der Waals surface area contributed by atoms with Gasteiger partial charge in [0.25, 0.3) is 0 Å². The number of nitrogens with one attached hydrogen (secondary N) is 1. The van der Waals surface area contributed by atoms with Crippen molar-refractivity contribution in [3.63, 3.8) is 0 Å². The average Bonchev–Trinajstić information content (AvgIpc) is 3.09. The predicted octanol–water partition coefficient (Wildman–Crippen LogP) is 1.30. The first-order chi connectivity index (χ1) is 8.38. The number of aromatic nitrogens is 2. The molecular weight excluding hydrogens is 216 g/mol. The van der Waals surface area contributed by atoms with E-state index in [2.05, 4.69) is 27.3 Å². The van der Waals surface area contributed by atoms with Gasteiger partial charge in [-0.05, 0) is 38.9 Å². The van der Waals surface area contributed by atoms with Crippen LogP contribution in [0.1, 0.15) is 49.9 Å². The highest BCUT2D eigenvalue weighted by atomic mass is 16.5. The first kappa shape index (κ1) is 11.2. The molecule has 0 bridgehead atoms. The average molecular weight is 236 g/mol. The monoisotopic (exact) mass is 236 g/mol. The van der Waals surface area contributed by atoms with E-state index in [1.807, 2.05) is 0 Å². The van der Waals surface area contributed by atoms with E-state index >= 15 is 0 Å². The minimum atomic E-state index is 0.381.